The van der Waals surface area contributed by atoms with Crippen LogP contribution in [-0.2, 0) is 20.4 Å². The van der Waals surface area contributed by atoms with E-state index >= 15 is 0 Å². The van der Waals surface area contributed by atoms with E-state index in [0.717, 1.165) is 0 Å². The summed E-state index contributed by atoms with van der Waals surface area (Å²) < 4.78 is 0.610. The molecule has 1 aliphatic rings. The third-order valence-electron chi connectivity index (χ3n) is 2.50. The Morgan fingerprint density at radius 3 is 2.13 bits per heavy atom. The fourth-order valence-corrected chi connectivity index (χ4v) is 2.12. The Hall–Kier alpha value is 1.11. The van der Waals surface area contributed by atoms with Crippen molar-refractivity contribution in [2.24, 2.45) is 0 Å². The van der Waals surface area contributed by atoms with E-state index < -0.39 is 0 Å². The number of fused-ring (bicyclic) bond motifs is 1. The van der Waals surface area contributed by atoms with Crippen LogP contribution >= 0.6 is 0 Å². The summed E-state index contributed by atoms with van der Waals surface area (Å²) in [5, 5.41) is 0. The van der Waals surface area contributed by atoms with Crippen molar-refractivity contribution in [2.75, 3.05) is 0 Å². The molecule has 0 fully saturated rings. The summed E-state index contributed by atoms with van der Waals surface area (Å²) in [5.74, 6) is 0. The van der Waals surface area contributed by atoms with Gasteiger partial charge in [-0.05, 0) is 0 Å². The van der Waals surface area contributed by atoms with Crippen LogP contribution in [0.4, 0.5) is 0 Å². The molecule has 1 aliphatic carbocycles. The summed E-state index contributed by atoms with van der Waals surface area (Å²) in [6.45, 7) is 4.35. The predicted octanol–water partition coefficient (Wildman–Crippen LogP) is -6.07. The Balaban J connectivity index is 0. The molecule has 1 aromatic rings. The Morgan fingerprint density at radius 1 is 1.00 bits per heavy atom. The molecule has 0 radical (unpaired) electrons. The first-order valence-electron chi connectivity index (χ1n) is 4.19. The van der Waals surface area contributed by atoms with Gasteiger partial charge < -0.3 is 50.9 Å². The standard InChI is InChI=1S/C11H11.3BrH.Ti/c1-8-6-10-4-3-5-11(10)7-9(8)2;;;;/h3-7H,1-2H3;3*1H;/q;;;;+3/p-3. The van der Waals surface area contributed by atoms with Gasteiger partial charge in [-0.25, -0.2) is 0 Å². The van der Waals surface area contributed by atoms with Crippen molar-refractivity contribution in [3.05, 3.63) is 40.5 Å². The number of allylic oxidation sites excluding steroid dienone is 1. The van der Waals surface area contributed by atoms with Crippen LogP contribution in [0.1, 0.15) is 26.5 Å². The first kappa shape index (κ1) is 18.5. The van der Waals surface area contributed by atoms with E-state index in [9.17, 15) is 0 Å². The normalized spacial score (nSPS) is 15.9. The van der Waals surface area contributed by atoms with Crippen LogP contribution in [-0.4, -0.2) is 0 Å². The topological polar surface area (TPSA) is 0 Å². The van der Waals surface area contributed by atoms with Crippen LogP contribution in [0.5, 0.6) is 0 Å². The second-order valence-electron chi connectivity index (χ2n) is 3.40. The first-order valence-corrected chi connectivity index (χ1v) is 5.09. The smallest absolute Gasteiger partial charge is 1.00 e. The van der Waals surface area contributed by atoms with Crippen molar-refractivity contribution in [3.63, 3.8) is 0 Å². The molecule has 4 heteroatoms. The zero-order chi connectivity index (χ0) is 8.72. The van der Waals surface area contributed by atoms with E-state index in [-0.39, 0.29) is 50.9 Å². The van der Waals surface area contributed by atoms with Crippen LogP contribution in [0.3, 0.4) is 0 Å². The van der Waals surface area contributed by atoms with Crippen molar-refractivity contribution < 1.29 is 71.4 Å². The van der Waals surface area contributed by atoms with E-state index in [1.807, 2.05) is 0 Å². The molecule has 0 nitrogen and oxygen atoms in total. The third-order valence-corrected chi connectivity index (χ3v) is 3.29. The maximum absolute atomic E-state index is 2.31. The fraction of sp³-hybridized carbons (Fsp3) is 0.273. The van der Waals surface area contributed by atoms with Crippen LogP contribution in [0, 0.1) is 13.8 Å². The summed E-state index contributed by atoms with van der Waals surface area (Å²) >= 11 is 2.25. The number of hydrogen-bond donors (Lipinski definition) is 0. The van der Waals surface area contributed by atoms with E-state index in [1.165, 1.54) is 22.3 Å². The van der Waals surface area contributed by atoms with Crippen molar-refractivity contribution in [2.45, 2.75) is 18.1 Å². The van der Waals surface area contributed by atoms with Crippen LogP contribution < -0.4 is 50.9 Å². The zero-order valence-electron chi connectivity index (χ0n) is 8.52. The van der Waals surface area contributed by atoms with Crippen LogP contribution in [0.25, 0.3) is 6.08 Å². The first-order chi connectivity index (χ1) is 5.68. The second kappa shape index (κ2) is 7.44. The number of rotatable bonds is 0. The Morgan fingerprint density at radius 2 is 1.53 bits per heavy atom. The minimum atomic E-state index is 0. The van der Waals surface area contributed by atoms with Gasteiger partial charge in [0.05, 0.1) is 0 Å². The molecule has 0 heterocycles. The largest absolute Gasteiger partial charge is 1.00 e. The molecule has 1 atom stereocenters. The van der Waals surface area contributed by atoms with Gasteiger partial charge in [-0.2, -0.15) is 0 Å². The number of halogens is 3. The Labute approximate surface area is 135 Å². The van der Waals surface area contributed by atoms with Crippen molar-refractivity contribution >= 4 is 6.08 Å². The molecule has 0 saturated carbocycles. The van der Waals surface area contributed by atoms with Gasteiger partial charge in [-0.15, -0.1) is 0 Å². The van der Waals surface area contributed by atoms with Gasteiger partial charge in [0.15, 0.2) is 0 Å². The minimum absolute atomic E-state index is 0. The molecule has 0 saturated heterocycles. The van der Waals surface area contributed by atoms with Gasteiger partial charge in [0.2, 0.25) is 0 Å². The Kier molecular flexibility index (Phi) is 9.17. The molecule has 1 unspecified atom stereocenters. The fourth-order valence-electron chi connectivity index (χ4n) is 1.58. The minimum Gasteiger partial charge on any atom is -1.00 e. The maximum Gasteiger partial charge on any atom is -1.00 e. The summed E-state index contributed by atoms with van der Waals surface area (Å²) in [5.41, 5.74) is 5.69. The molecular formula is C11H11Br3Ti. The molecule has 0 aliphatic heterocycles. The third kappa shape index (κ3) is 3.81. The van der Waals surface area contributed by atoms with E-state index in [0.29, 0.717) is 4.22 Å². The zero-order valence-corrected chi connectivity index (χ0v) is 14.8. The molecule has 0 N–H and O–H groups in total. The van der Waals surface area contributed by atoms with Crippen LogP contribution in [0.15, 0.2) is 18.2 Å². The average Bonchev–Trinajstić information content (AvgIpc) is 2.35. The van der Waals surface area contributed by atoms with E-state index in [2.05, 4.69) is 58.6 Å². The average molecular weight is 431 g/mol. The molecular weight excluding hydrogens is 420 g/mol. The van der Waals surface area contributed by atoms with E-state index in [4.69, 9.17) is 0 Å². The second-order valence-corrected chi connectivity index (χ2v) is 4.37. The summed E-state index contributed by atoms with van der Waals surface area (Å²) in [6.07, 6.45) is 4.50. The van der Waals surface area contributed by atoms with Gasteiger partial charge in [0.1, 0.15) is 0 Å². The van der Waals surface area contributed by atoms with Crippen LogP contribution in [0.2, 0.25) is 0 Å². The van der Waals surface area contributed by atoms with Crippen molar-refractivity contribution in [1.29, 1.82) is 0 Å². The summed E-state index contributed by atoms with van der Waals surface area (Å²) in [6, 6.07) is 4.60. The summed E-state index contributed by atoms with van der Waals surface area (Å²) in [4.78, 5) is 0. The molecule has 1 aromatic carbocycles. The van der Waals surface area contributed by atoms with Gasteiger partial charge in [-0.3, -0.25) is 0 Å². The number of aryl methyl sites for hydroxylation is 2. The van der Waals surface area contributed by atoms with Gasteiger partial charge in [0, 0.05) is 0 Å². The number of benzene rings is 1. The SMILES string of the molecule is Cc1cc2c(cc1C)[CH]([Ti+3])C=C2.[Br-].[Br-].[Br-]. The Bertz CT molecular complexity index is 361. The summed E-state index contributed by atoms with van der Waals surface area (Å²) in [7, 11) is 0. The molecule has 0 amide bonds. The van der Waals surface area contributed by atoms with Crippen molar-refractivity contribution in [3.8, 4) is 0 Å². The molecule has 15 heavy (non-hydrogen) atoms. The molecule has 80 valence electrons. The molecule has 2 rings (SSSR count). The maximum atomic E-state index is 2.31. The molecule has 0 spiro atoms. The predicted molar refractivity (Wildman–Crippen MR) is 47.7 cm³/mol. The molecule has 0 aromatic heterocycles. The quantitative estimate of drug-likeness (QED) is 0.360. The number of hydrogen-bond acceptors (Lipinski definition) is 0. The van der Waals surface area contributed by atoms with Gasteiger partial charge in [0.25, 0.3) is 0 Å². The van der Waals surface area contributed by atoms with Gasteiger partial charge >= 0.3 is 85.0 Å². The van der Waals surface area contributed by atoms with Gasteiger partial charge in [-0.1, -0.05) is 0 Å². The van der Waals surface area contributed by atoms with E-state index in [1.54, 1.807) is 0 Å². The van der Waals surface area contributed by atoms with Crippen molar-refractivity contribution in [1.82, 2.24) is 0 Å². The monoisotopic (exact) mass is 428 g/mol. The molecule has 0 bridgehead atoms.